The summed E-state index contributed by atoms with van der Waals surface area (Å²) in [7, 11) is 1.64. The van der Waals surface area contributed by atoms with Crippen molar-refractivity contribution in [1.29, 1.82) is 0 Å². The molecule has 0 aliphatic rings. The third-order valence-corrected chi connectivity index (χ3v) is 2.19. The van der Waals surface area contributed by atoms with E-state index in [1.54, 1.807) is 19.5 Å². The molecule has 0 fully saturated rings. The topological polar surface area (TPSA) is 46.5 Å². The van der Waals surface area contributed by atoms with Gasteiger partial charge in [-0.1, -0.05) is 18.2 Å². The van der Waals surface area contributed by atoms with Crippen LogP contribution in [0.1, 0.15) is 5.56 Å². The van der Waals surface area contributed by atoms with E-state index in [-0.39, 0.29) is 0 Å². The molecule has 2 rings (SSSR count). The lowest BCUT2D eigenvalue weighted by atomic mass is 10.2. The van der Waals surface area contributed by atoms with Gasteiger partial charge in [-0.2, -0.15) is 5.10 Å². The smallest absolute Gasteiger partial charge is 0.146 e. The summed E-state index contributed by atoms with van der Waals surface area (Å²) in [6, 6.07) is 13.3. The van der Waals surface area contributed by atoms with E-state index in [0.29, 0.717) is 5.82 Å². The third kappa shape index (κ3) is 3.04. The molecule has 4 nitrogen and oxygen atoms in total. The summed E-state index contributed by atoms with van der Waals surface area (Å²) in [4.78, 5) is 4.10. The quantitative estimate of drug-likeness (QED) is 0.645. The number of nitrogens with one attached hydrogen (secondary N) is 1. The number of benzene rings is 1. The van der Waals surface area contributed by atoms with E-state index in [9.17, 15) is 0 Å². The molecule has 86 valence electrons. The van der Waals surface area contributed by atoms with Crippen LogP contribution in [0.3, 0.4) is 0 Å². The van der Waals surface area contributed by atoms with Gasteiger partial charge >= 0.3 is 0 Å². The summed E-state index contributed by atoms with van der Waals surface area (Å²) < 4.78 is 5.21. The first kappa shape index (κ1) is 11.1. The molecule has 1 heterocycles. The largest absolute Gasteiger partial charge is 0.496 e. The van der Waals surface area contributed by atoms with Crippen LogP contribution < -0.4 is 10.2 Å². The highest BCUT2D eigenvalue weighted by molar-refractivity contribution is 5.83. The molecule has 0 aliphatic heterocycles. The van der Waals surface area contributed by atoms with Gasteiger partial charge in [-0.3, -0.25) is 5.43 Å². The summed E-state index contributed by atoms with van der Waals surface area (Å²) >= 11 is 0. The highest BCUT2D eigenvalue weighted by Gasteiger charge is 1.96. The van der Waals surface area contributed by atoms with Gasteiger partial charge in [0.25, 0.3) is 0 Å². The van der Waals surface area contributed by atoms with Crippen molar-refractivity contribution in [3.8, 4) is 5.75 Å². The Hall–Kier alpha value is -2.36. The number of nitrogens with zero attached hydrogens (tertiary/aromatic N) is 2. The summed E-state index contributed by atoms with van der Waals surface area (Å²) in [5.41, 5.74) is 3.76. The van der Waals surface area contributed by atoms with Gasteiger partial charge in [-0.25, -0.2) is 4.98 Å². The van der Waals surface area contributed by atoms with Crippen LogP contribution in [-0.4, -0.2) is 18.3 Å². The fraction of sp³-hybridized carbons (Fsp3) is 0.0769. The number of pyridine rings is 1. The average Bonchev–Trinajstić information content (AvgIpc) is 2.40. The molecule has 1 N–H and O–H groups in total. The zero-order valence-corrected chi connectivity index (χ0v) is 9.50. The monoisotopic (exact) mass is 227 g/mol. The van der Waals surface area contributed by atoms with Crippen LogP contribution in [0.15, 0.2) is 53.8 Å². The second-order valence-electron chi connectivity index (χ2n) is 3.33. The molecule has 4 heteroatoms. The molecule has 0 bridgehead atoms. The Balaban J connectivity index is 2.06. The molecule has 0 saturated carbocycles. The van der Waals surface area contributed by atoms with Gasteiger partial charge in [0.15, 0.2) is 0 Å². The lowest BCUT2D eigenvalue weighted by molar-refractivity contribution is 0.414. The number of hydrogen-bond acceptors (Lipinski definition) is 4. The maximum absolute atomic E-state index is 5.21. The zero-order valence-electron chi connectivity index (χ0n) is 9.50. The van der Waals surface area contributed by atoms with Gasteiger partial charge in [0, 0.05) is 11.8 Å². The first-order chi connectivity index (χ1) is 8.40. The molecular weight excluding hydrogens is 214 g/mol. The molecule has 0 saturated heterocycles. The number of aromatic nitrogens is 1. The van der Waals surface area contributed by atoms with Gasteiger partial charge in [-0.15, -0.1) is 0 Å². The Kier molecular flexibility index (Phi) is 3.70. The fourth-order valence-electron chi connectivity index (χ4n) is 1.37. The van der Waals surface area contributed by atoms with E-state index < -0.39 is 0 Å². The van der Waals surface area contributed by atoms with Crippen molar-refractivity contribution in [2.75, 3.05) is 12.5 Å². The van der Waals surface area contributed by atoms with Crippen molar-refractivity contribution in [1.82, 2.24) is 4.98 Å². The summed E-state index contributed by atoms with van der Waals surface area (Å²) in [5, 5.41) is 4.10. The first-order valence-corrected chi connectivity index (χ1v) is 5.23. The highest BCUT2D eigenvalue weighted by Crippen LogP contribution is 2.14. The van der Waals surface area contributed by atoms with E-state index in [4.69, 9.17) is 4.74 Å². The van der Waals surface area contributed by atoms with Gasteiger partial charge in [0.05, 0.1) is 13.3 Å². The molecular formula is C13H13N3O. The second kappa shape index (κ2) is 5.65. The SMILES string of the molecule is COc1ccccc1C=NNc1ccccn1. The van der Waals surface area contributed by atoms with Crippen molar-refractivity contribution in [3.63, 3.8) is 0 Å². The standard InChI is InChI=1S/C13H13N3O/c1-17-12-7-3-2-6-11(12)10-15-16-13-8-4-5-9-14-13/h2-10H,1H3,(H,14,16). The number of hydrogen-bond donors (Lipinski definition) is 1. The minimum Gasteiger partial charge on any atom is -0.496 e. The second-order valence-corrected chi connectivity index (χ2v) is 3.33. The van der Waals surface area contributed by atoms with Crippen LogP contribution in [0.25, 0.3) is 0 Å². The van der Waals surface area contributed by atoms with Crippen LogP contribution in [0.4, 0.5) is 5.82 Å². The lowest BCUT2D eigenvalue weighted by Crippen LogP contribution is -1.94. The molecule has 17 heavy (non-hydrogen) atoms. The molecule has 0 atom stereocenters. The maximum Gasteiger partial charge on any atom is 0.146 e. The summed E-state index contributed by atoms with van der Waals surface area (Å²) in [5.74, 6) is 1.50. The van der Waals surface area contributed by atoms with Crippen molar-refractivity contribution in [2.45, 2.75) is 0 Å². The van der Waals surface area contributed by atoms with E-state index in [1.165, 1.54) is 0 Å². The van der Waals surface area contributed by atoms with Crippen molar-refractivity contribution in [3.05, 3.63) is 54.2 Å². The predicted molar refractivity (Wildman–Crippen MR) is 68.4 cm³/mol. The van der Waals surface area contributed by atoms with E-state index in [0.717, 1.165) is 11.3 Å². The Morgan fingerprint density at radius 3 is 2.76 bits per heavy atom. The molecule has 0 radical (unpaired) electrons. The van der Waals surface area contributed by atoms with Crippen LogP contribution in [0.5, 0.6) is 5.75 Å². The van der Waals surface area contributed by atoms with Gasteiger partial charge < -0.3 is 4.74 Å². The van der Waals surface area contributed by atoms with E-state index in [1.807, 2.05) is 42.5 Å². The van der Waals surface area contributed by atoms with E-state index in [2.05, 4.69) is 15.5 Å². The van der Waals surface area contributed by atoms with E-state index >= 15 is 0 Å². The number of hydrazone groups is 1. The van der Waals surface area contributed by atoms with Crippen molar-refractivity contribution in [2.24, 2.45) is 5.10 Å². The molecule has 0 aliphatic carbocycles. The minimum atomic E-state index is 0.707. The van der Waals surface area contributed by atoms with Crippen LogP contribution in [0, 0.1) is 0 Å². The molecule has 0 amide bonds. The maximum atomic E-state index is 5.21. The fourth-order valence-corrected chi connectivity index (χ4v) is 1.37. The first-order valence-electron chi connectivity index (χ1n) is 5.23. The Morgan fingerprint density at radius 2 is 2.00 bits per heavy atom. The zero-order chi connectivity index (χ0) is 11.9. The average molecular weight is 227 g/mol. The van der Waals surface area contributed by atoms with Gasteiger partial charge in [0.1, 0.15) is 11.6 Å². The number of ether oxygens (including phenoxy) is 1. The number of para-hydroxylation sites is 1. The predicted octanol–water partition coefficient (Wildman–Crippen LogP) is 2.54. The molecule has 1 aromatic heterocycles. The Labute approximate surface area is 100.0 Å². The van der Waals surface area contributed by atoms with Gasteiger partial charge in [0.2, 0.25) is 0 Å². The lowest BCUT2D eigenvalue weighted by Gasteiger charge is -2.03. The molecule has 0 unspecified atom stereocenters. The molecule has 2 aromatic rings. The number of anilines is 1. The Morgan fingerprint density at radius 1 is 1.18 bits per heavy atom. The number of methoxy groups -OCH3 is 1. The summed E-state index contributed by atoms with van der Waals surface area (Å²) in [6.07, 6.45) is 3.41. The van der Waals surface area contributed by atoms with Crippen molar-refractivity contribution >= 4 is 12.0 Å². The third-order valence-electron chi connectivity index (χ3n) is 2.19. The molecule has 1 aromatic carbocycles. The summed E-state index contributed by atoms with van der Waals surface area (Å²) in [6.45, 7) is 0. The number of rotatable bonds is 4. The van der Waals surface area contributed by atoms with Crippen LogP contribution in [0.2, 0.25) is 0 Å². The highest BCUT2D eigenvalue weighted by atomic mass is 16.5. The van der Waals surface area contributed by atoms with Crippen LogP contribution in [-0.2, 0) is 0 Å². The normalized spacial score (nSPS) is 10.4. The molecule has 0 spiro atoms. The van der Waals surface area contributed by atoms with Gasteiger partial charge in [-0.05, 0) is 24.3 Å². The van der Waals surface area contributed by atoms with Crippen molar-refractivity contribution < 1.29 is 4.74 Å². The van der Waals surface area contributed by atoms with Crippen LogP contribution >= 0.6 is 0 Å². The Bertz CT molecular complexity index is 497. The minimum absolute atomic E-state index is 0.707.